The maximum Gasteiger partial charge on any atom is 0.304 e. The van der Waals surface area contributed by atoms with Gasteiger partial charge in [0.25, 0.3) is 0 Å². The molecule has 0 bridgehead atoms. The van der Waals surface area contributed by atoms with Crippen LogP contribution in [-0.4, -0.2) is 11.1 Å². The third kappa shape index (κ3) is 3.49. The van der Waals surface area contributed by atoms with Crippen molar-refractivity contribution in [1.29, 1.82) is 0 Å². The van der Waals surface area contributed by atoms with E-state index >= 15 is 0 Å². The number of aliphatic carboxylic acids is 1. The maximum absolute atomic E-state index is 10.9. The van der Waals surface area contributed by atoms with Crippen LogP contribution in [0.2, 0.25) is 4.34 Å². The number of rotatable bonds is 6. The number of carbonyl (C=O) groups is 1. The molecule has 1 unspecified atom stereocenters. The lowest BCUT2D eigenvalue weighted by Crippen LogP contribution is -2.14. The van der Waals surface area contributed by atoms with Gasteiger partial charge in [-0.05, 0) is 18.1 Å². The molecule has 0 aromatic carbocycles. The van der Waals surface area contributed by atoms with E-state index in [4.69, 9.17) is 16.7 Å². The lowest BCUT2D eigenvalue weighted by molar-refractivity contribution is -0.137. The Morgan fingerprint density at radius 3 is 2.44 bits per heavy atom. The van der Waals surface area contributed by atoms with Gasteiger partial charge in [0.15, 0.2) is 0 Å². The zero-order valence-corrected chi connectivity index (χ0v) is 11.1. The summed E-state index contributed by atoms with van der Waals surface area (Å²) < 4.78 is 0.733. The Hall–Kier alpha value is -0.540. The van der Waals surface area contributed by atoms with Crippen LogP contribution in [0, 0.1) is 5.92 Å². The SMILES string of the molecule is CCC(CC)C(CC(=O)O)c1ccc(Cl)s1. The minimum absolute atomic E-state index is 0.102. The topological polar surface area (TPSA) is 37.3 Å². The Kier molecular flexibility index (Phi) is 5.29. The summed E-state index contributed by atoms with van der Waals surface area (Å²) in [6.07, 6.45) is 2.21. The van der Waals surface area contributed by atoms with Gasteiger partial charge in [-0.2, -0.15) is 0 Å². The van der Waals surface area contributed by atoms with Crippen LogP contribution in [0.3, 0.4) is 0 Å². The number of halogens is 1. The first-order chi connectivity index (χ1) is 7.58. The van der Waals surface area contributed by atoms with E-state index in [1.165, 1.54) is 11.3 Å². The van der Waals surface area contributed by atoms with E-state index in [2.05, 4.69) is 13.8 Å². The third-order valence-corrected chi connectivity index (χ3v) is 4.33. The fourth-order valence-electron chi connectivity index (χ4n) is 2.07. The summed E-state index contributed by atoms with van der Waals surface area (Å²) >= 11 is 7.40. The van der Waals surface area contributed by atoms with Crippen LogP contribution >= 0.6 is 22.9 Å². The number of carboxylic acid groups (broad SMARTS) is 1. The predicted molar refractivity (Wildman–Crippen MR) is 68.4 cm³/mol. The molecule has 90 valence electrons. The monoisotopic (exact) mass is 260 g/mol. The second-order valence-corrected chi connectivity index (χ2v) is 5.67. The van der Waals surface area contributed by atoms with E-state index in [0.717, 1.165) is 22.1 Å². The van der Waals surface area contributed by atoms with Gasteiger partial charge in [0.1, 0.15) is 0 Å². The molecule has 0 fully saturated rings. The highest BCUT2D eigenvalue weighted by molar-refractivity contribution is 7.16. The van der Waals surface area contributed by atoms with E-state index in [1.807, 2.05) is 12.1 Å². The Bertz CT molecular complexity index is 345. The van der Waals surface area contributed by atoms with Gasteiger partial charge in [0.05, 0.1) is 10.8 Å². The van der Waals surface area contributed by atoms with Gasteiger partial charge in [-0.25, -0.2) is 0 Å². The van der Waals surface area contributed by atoms with Crippen molar-refractivity contribution in [3.8, 4) is 0 Å². The van der Waals surface area contributed by atoms with Crippen LogP contribution in [-0.2, 0) is 4.79 Å². The van der Waals surface area contributed by atoms with Gasteiger partial charge >= 0.3 is 5.97 Å². The molecular weight excluding hydrogens is 244 g/mol. The Morgan fingerprint density at radius 2 is 2.06 bits per heavy atom. The van der Waals surface area contributed by atoms with Crippen molar-refractivity contribution in [2.45, 2.75) is 39.0 Å². The molecular formula is C12H17ClO2S. The predicted octanol–water partition coefficient (Wildman–Crippen LogP) is 4.40. The molecule has 1 aromatic heterocycles. The van der Waals surface area contributed by atoms with Crippen molar-refractivity contribution in [2.75, 3.05) is 0 Å². The van der Waals surface area contributed by atoms with E-state index in [1.54, 1.807) is 0 Å². The van der Waals surface area contributed by atoms with E-state index in [9.17, 15) is 4.79 Å². The van der Waals surface area contributed by atoms with Crippen molar-refractivity contribution < 1.29 is 9.90 Å². The van der Waals surface area contributed by atoms with E-state index < -0.39 is 5.97 Å². The van der Waals surface area contributed by atoms with Crippen LogP contribution in [0.1, 0.15) is 43.9 Å². The fourth-order valence-corrected chi connectivity index (χ4v) is 3.33. The highest BCUT2D eigenvalue weighted by atomic mass is 35.5. The Labute approximate surface area is 105 Å². The molecule has 0 saturated carbocycles. The molecule has 0 aliphatic heterocycles. The van der Waals surface area contributed by atoms with Crippen molar-refractivity contribution in [1.82, 2.24) is 0 Å². The first-order valence-corrected chi connectivity index (χ1v) is 6.74. The highest BCUT2D eigenvalue weighted by Gasteiger charge is 2.24. The molecule has 1 rings (SSSR count). The van der Waals surface area contributed by atoms with E-state index in [-0.39, 0.29) is 12.3 Å². The summed E-state index contributed by atoms with van der Waals surface area (Å²) in [4.78, 5) is 12.0. The third-order valence-electron chi connectivity index (χ3n) is 2.97. The first kappa shape index (κ1) is 13.5. The Balaban J connectivity index is 2.90. The number of thiophene rings is 1. The smallest absolute Gasteiger partial charge is 0.304 e. The number of hydrogen-bond acceptors (Lipinski definition) is 2. The molecule has 1 aromatic rings. The summed E-state index contributed by atoms with van der Waals surface area (Å²) in [5.41, 5.74) is 0. The van der Waals surface area contributed by atoms with Crippen LogP contribution in [0.5, 0.6) is 0 Å². The summed E-state index contributed by atoms with van der Waals surface area (Å²) in [6, 6.07) is 3.80. The lowest BCUT2D eigenvalue weighted by atomic mass is 9.84. The molecule has 0 spiro atoms. The fraction of sp³-hybridized carbons (Fsp3) is 0.583. The molecule has 0 saturated heterocycles. The maximum atomic E-state index is 10.9. The summed E-state index contributed by atoms with van der Waals surface area (Å²) in [5.74, 6) is -0.211. The summed E-state index contributed by atoms with van der Waals surface area (Å²) in [5, 5.41) is 8.96. The molecule has 2 nitrogen and oxygen atoms in total. The van der Waals surface area contributed by atoms with Crippen LogP contribution < -0.4 is 0 Å². The molecule has 16 heavy (non-hydrogen) atoms. The molecule has 1 N–H and O–H groups in total. The molecule has 1 heterocycles. The van der Waals surface area contributed by atoms with Gasteiger partial charge in [-0.15, -0.1) is 11.3 Å². The zero-order chi connectivity index (χ0) is 12.1. The molecule has 1 atom stereocenters. The first-order valence-electron chi connectivity index (χ1n) is 5.55. The second kappa shape index (κ2) is 6.26. The minimum atomic E-state index is -0.735. The van der Waals surface area contributed by atoms with Crippen LogP contribution in [0.25, 0.3) is 0 Å². The van der Waals surface area contributed by atoms with Gasteiger partial charge in [-0.3, -0.25) is 4.79 Å². The van der Waals surface area contributed by atoms with Crippen LogP contribution in [0.4, 0.5) is 0 Å². The van der Waals surface area contributed by atoms with Crippen LogP contribution in [0.15, 0.2) is 12.1 Å². The van der Waals surface area contributed by atoms with Gasteiger partial charge in [0.2, 0.25) is 0 Å². The lowest BCUT2D eigenvalue weighted by Gasteiger charge is -2.22. The van der Waals surface area contributed by atoms with E-state index in [0.29, 0.717) is 5.92 Å². The number of carboxylic acids is 1. The zero-order valence-electron chi connectivity index (χ0n) is 9.57. The normalized spacial score (nSPS) is 13.0. The summed E-state index contributed by atoms with van der Waals surface area (Å²) in [7, 11) is 0. The largest absolute Gasteiger partial charge is 0.481 e. The highest BCUT2D eigenvalue weighted by Crippen LogP contribution is 2.37. The quantitative estimate of drug-likeness (QED) is 0.823. The number of hydrogen-bond donors (Lipinski definition) is 1. The molecule has 0 amide bonds. The standard InChI is InChI=1S/C12H17ClO2S/c1-3-8(4-2)9(7-12(14)15)10-5-6-11(13)16-10/h5-6,8-9H,3-4,7H2,1-2H3,(H,14,15). The molecule has 0 aliphatic rings. The average molecular weight is 261 g/mol. The van der Waals surface area contributed by atoms with Gasteiger partial charge in [-0.1, -0.05) is 38.3 Å². The summed E-state index contributed by atoms with van der Waals surface area (Å²) in [6.45, 7) is 4.22. The average Bonchev–Trinajstić information content (AvgIpc) is 2.64. The van der Waals surface area contributed by atoms with Crippen molar-refractivity contribution in [3.05, 3.63) is 21.3 Å². The van der Waals surface area contributed by atoms with Crippen molar-refractivity contribution in [2.24, 2.45) is 5.92 Å². The molecule has 0 aliphatic carbocycles. The molecule has 0 radical (unpaired) electrons. The molecule has 4 heteroatoms. The minimum Gasteiger partial charge on any atom is -0.481 e. The Morgan fingerprint density at radius 1 is 1.44 bits per heavy atom. The second-order valence-electron chi connectivity index (χ2n) is 3.92. The van der Waals surface area contributed by atoms with Gasteiger partial charge in [0, 0.05) is 10.8 Å². The van der Waals surface area contributed by atoms with Crippen molar-refractivity contribution in [3.63, 3.8) is 0 Å². The van der Waals surface area contributed by atoms with Gasteiger partial charge < -0.3 is 5.11 Å². The van der Waals surface area contributed by atoms with Crippen molar-refractivity contribution >= 4 is 28.9 Å².